The number of hydrogen-bond acceptors (Lipinski definition) is 4. The number of rotatable bonds is 2. The van der Waals surface area contributed by atoms with E-state index in [-0.39, 0.29) is 17.1 Å². The van der Waals surface area contributed by atoms with E-state index in [1.165, 1.54) is 11.8 Å². The fourth-order valence-electron chi connectivity index (χ4n) is 2.73. The molecule has 2 unspecified atom stereocenters. The predicted octanol–water partition coefficient (Wildman–Crippen LogP) is 1.54. The quantitative estimate of drug-likeness (QED) is 0.869. The van der Waals surface area contributed by atoms with Crippen molar-refractivity contribution >= 4 is 29.3 Å². The van der Waals surface area contributed by atoms with Crippen LogP contribution in [0.5, 0.6) is 0 Å². The Kier molecular flexibility index (Phi) is 3.91. The molecule has 6 heteroatoms. The van der Waals surface area contributed by atoms with E-state index in [0.29, 0.717) is 18.0 Å². The number of benzene rings is 1. The van der Waals surface area contributed by atoms with Gasteiger partial charge in [0.05, 0.1) is 10.9 Å². The van der Waals surface area contributed by atoms with E-state index in [1.54, 1.807) is 6.07 Å². The zero-order valence-electron chi connectivity index (χ0n) is 12.0. The smallest absolute Gasteiger partial charge is 0.253 e. The first kappa shape index (κ1) is 14.4. The molecule has 5 nitrogen and oxygen atoms in total. The van der Waals surface area contributed by atoms with Gasteiger partial charge in [-0.05, 0) is 44.0 Å². The molecule has 0 aliphatic carbocycles. The molecule has 1 aromatic rings. The zero-order chi connectivity index (χ0) is 15.0. The number of carbonyl (C=O) groups is 2. The summed E-state index contributed by atoms with van der Waals surface area (Å²) in [7, 11) is 0. The van der Waals surface area contributed by atoms with Crippen molar-refractivity contribution in [3.8, 4) is 0 Å². The molecule has 2 amide bonds. The average molecular weight is 305 g/mol. The molecule has 112 valence electrons. The molecule has 1 fully saturated rings. The third kappa shape index (κ3) is 2.78. The Morgan fingerprint density at radius 3 is 3.05 bits per heavy atom. The zero-order valence-corrected chi connectivity index (χ0v) is 12.8. The van der Waals surface area contributed by atoms with Gasteiger partial charge < -0.3 is 16.0 Å². The number of likely N-dealkylation sites (tertiary alicyclic amines) is 1. The predicted molar refractivity (Wildman–Crippen MR) is 83.5 cm³/mol. The number of anilines is 1. The maximum Gasteiger partial charge on any atom is 0.253 e. The Morgan fingerprint density at radius 1 is 1.52 bits per heavy atom. The molecule has 0 radical (unpaired) electrons. The van der Waals surface area contributed by atoms with E-state index in [9.17, 15) is 9.59 Å². The first-order valence-electron chi connectivity index (χ1n) is 7.19. The number of hydrogen-bond donors (Lipinski definition) is 2. The summed E-state index contributed by atoms with van der Waals surface area (Å²) in [4.78, 5) is 27.1. The SMILES string of the molecule is CC1Sc2ccc(C(=O)N3CCC(CN)C3)cc2NC1=O. The largest absolute Gasteiger partial charge is 0.338 e. The lowest BCUT2D eigenvalue weighted by Crippen LogP contribution is -2.30. The number of nitrogens with one attached hydrogen (secondary N) is 1. The normalized spacial score (nSPS) is 24.7. The van der Waals surface area contributed by atoms with Gasteiger partial charge >= 0.3 is 0 Å². The summed E-state index contributed by atoms with van der Waals surface area (Å²) in [6, 6.07) is 5.54. The van der Waals surface area contributed by atoms with Crippen LogP contribution in [0.4, 0.5) is 5.69 Å². The van der Waals surface area contributed by atoms with E-state index in [1.807, 2.05) is 24.0 Å². The lowest BCUT2D eigenvalue weighted by molar-refractivity contribution is -0.115. The van der Waals surface area contributed by atoms with Crippen LogP contribution < -0.4 is 11.1 Å². The van der Waals surface area contributed by atoms with Crippen molar-refractivity contribution in [3.05, 3.63) is 23.8 Å². The summed E-state index contributed by atoms with van der Waals surface area (Å²) in [5, 5.41) is 2.77. The monoisotopic (exact) mass is 305 g/mol. The average Bonchev–Trinajstić information content (AvgIpc) is 2.96. The van der Waals surface area contributed by atoms with Gasteiger partial charge in [-0.25, -0.2) is 0 Å². The number of carbonyl (C=O) groups excluding carboxylic acids is 2. The van der Waals surface area contributed by atoms with Crippen LogP contribution in [0.3, 0.4) is 0 Å². The topological polar surface area (TPSA) is 75.4 Å². The number of nitrogens with two attached hydrogens (primary N) is 1. The van der Waals surface area contributed by atoms with Gasteiger partial charge in [0.15, 0.2) is 0 Å². The third-order valence-corrected chi connectivity index (χ3v) is 5.24. The van der Waals surface area contributed by atoms with Gasteiger partial charge in [-0.3, -0.25) is 9.59 Å². The molecular weight excluding hydrogens is 286 g/mol. The first-order valence-corrected chi connectivity index (χ1v) is 8.07. The Hall–Kier alpha value is -1.53. The maximum absolute atomic E-state index is 12.5. The van der Waals surface area contributed by atoms with Crippen molar-refractivity contribution in [2.75, 3.05) is 25.0 Å². The second-order valence-corrected chi connectivity index (χ2v) is 6.98. The van der Waals surface area contributed by atoms with Gasteiger partial charge in [0.1, 0.15) is 0 Å². The van der Waals surface area contributed by atoms with Gasteiger partial charge in [-0.1, -0.05) is 0 Å². The van der Waals surface area contributed by atoms with Gasteiger partial charge in [0.2, 0.25) is 5.91 Å². The van der Waals surface area contributed by atoms with E-state index in [0.717, 1.165) is 30.1 Å². The Morgan fingerprint density at radius 2 is 2.33 bits per heavy atom. The highest BCUT2D eigenvalue weighted by molar-refractivity contribution is 8.00. The standard InChI is InChI=1S/C15H19N3O2S/c1-9-14(19)17-12-6-11(2-3-13(12)21-9)15(20)18-5-4-10(7-16)8-18/h2-3,6,9-10H,4-5,7-8,16H2,1H3,(H,17,19). The highest BCUT2D eigenvalue weighted by Gasteiger charge is 2.28. The maximum atomic E-state index is 12.5. The second kappa shape index (κ2) is 5.69. The van der Waals surface area contributed by atoms with E-state index in [4.69, 9.17) is 5.73 Å². The first-order chi connectivity index (χ1) is 10.1. The van der Waals surface area contributed by atoms with E-state index >= 15 is 0 Å². The molecule has 21 heavy (non-hydrogen) atoms. The fourth-order valence-corrected chi connectivity index (χ4v) is 3.66. The van der Waals surface area contributed by atoms with Crippen LogP contribution in [0.15, 0.2) is 23.1 Å². The number of nitrogens with zero attached hydrogens (tertiary/aromatic N) is 1. The highest BCUT2D eigenvalue weighted by Crippen LogP contribution is 2.36. The van der Waals surface area contributed by atoms with E-state index < -0.39 is 0 Å². The summed E-state index contributed by atoms with van der Waals surface area (Å²) >= 11 is 1.52. The molecule has 0 saturated carbocycles. The van der Waals surface area contributed by atoms with Gasteiger partial charge in [0.25, 0.3) is 5.91 Å². The van der Waals surface area contributed by atoms with Crippen molar-refractivity contribution in [1.82, 2.24) is 4.90 Å². The third-order valence-electron chi connectivity index (χ3n) is 4.06. The van der Waals surface area contributed by atoms with Crippen molar-refractivity contribution in [2.45, 2.75) is 23.5 Å². The van der Waals surface area contributed by atoms with E-state index in [2.05, 4.69) is 5.32 Å². The Labute approximate surface area is 128 Å². The fraction of sp³-hybridized carbons (Fsp3) is 0.467. The minimum absolute atomic E-state index is 0.0125. The van der Waals surface area contributed by atoms with Crippen molar-refractivity contribution in [3.63, 3.8) is 0 Å². The summed E-state index contributed by atoms with van der Waals surface area (Å²) in [5.74, 6) is 0.413. The van der Waals surface area contributed by atoms with Crippen LogP contribution in [-0.4, -0.2) is 41.6 Å². The molecule has 2 heterocycles. The molecule has 1 saturated heterocycles. The van der Waals surface area contributed by atoms with Crippen molar-refractivity contribution in [2.24, 2.45) is 11.7 Å². The van der Waals surface area contributed by atoms with Crippen LogP contribution in [0.2, 0.25) is 0 Å². The molecule has 0 spiro atoms. The molecule has 0 aromatic heterocycles. The van der Waals surface area contributed by atoms with Crippen LogP contribution in [0, 0.1) is 5.92 Å². The lowest BCUT2D eigenvalue weighted by Gasteiger charge is -2.23. The number of thioether (sulfide) groups is 1. The van der Waals surface area contributed by atoms with Crippen LogP contribution in [0.25, 0.3) is 0 Å². The molecule has 2 atom stereocenters. The molecular formula is C15H19N3O2S. The molecule has 3 N–H and O–H groups in total. The van der Waals surface area contributed by atoms with Crippen LogP contribution in [0.1, 0.15) is 23.7 Å². The summed E-state index contributed by atoms with van der Waals surface area (Å²) in [6.45, 7) is 3.98. The highest BCUT2D eigenvalue weighted by atomic mass is 32.2. The minimum atomic E-state index is -0.0945. The number of fused-ring (bicyclic) bond motifs is 1. The molecule has 2 aliphatic rings. The molecule has 2 aliphatic heterocycles. The summed E-state index contributed by atoms with van der Waals surface area (Å²) in [6.07, 6.45) is 0.970. The van der Waals surface area contributed by atoms with Crippen LogP contribution >= 0.6 is 11.8 Å². The lowest BCUT2D eigenvalue weighted by atomic mass is 10.1. The molecule has 0 bridgehead atoms. The Bertz CT molecular complexity index is 590. The molecule has 1 aromatic carbocycles. The summed E-state index contributed by atoms with van der Waals surface area (Å²) in [5.41, 5.74) is 7.03. The minimum Gasteiger partial charge on any atom is -0.338 e. The Balaban J connectivity index is 1.79. The van der Waals surface area contributed by atoms with Gasteiger partial charge in [-0.2, -0.15) is 0 Å². The van der Waals surface area contributed by atoms with Crippen LogP contribution in [-0.2, 0) is 4.79 Å². The molecule has 3 rings (SSSR count). The van der Waals surface area contributed by atoms with Gasteiger partial charge in [-0.15, -0.1) is 11.8 Å². The second-order valence-electron chi connectivity index (χ2n) is 5.60. The number of amides is 2. The van der Waals surface area contributed by atoms with Crippen molar-refractivity contribution in [1.29, 1.82) is 0 Å². The van der Waals surface area contributed by atoms with Gasteiger partial charge in [0, 0.05) is 23.5 Å². The summed E-state index contributed by atoms with van der Waals surface area (Å²) < 4.78 is 0. The van der Waals surface area contributed by atoms with Crippen molar-refractivity contribution < 1.29 is 9.59 Å².